The lowest BCUT2D eigenvalue weighted by molar-refractivity contribution is 0.0974. The molecule has 37 heavy (non-hydrogen) atoms. The molecule has 0 bridgehead atoms. The van der Waals surface area contributed by atoms with Gasteiger partial charge in [-0.3, -0.25) is 19.6 Å². The number of carbonyl (C=O) groups is 2. The highest BCUT2D eigenvalue weighted by Gasteiger charge is 2.40. The first-order chi connectivity index (χ1) is 17.4. The molecule has 2 N–H and O–H groups in total. The van der Waals surface area contributed by atoms with Gasteiger partial charge in [-0.1, -0.05) is 117 Å². The van der Waals surface area contributed by atoms with Gasteiger partial charge in [0, 0.05) is 0 Å². The molecule has 2 atom stereocenters. The molecule has 0 fully saturated rings. The molecule has 5 rings (SSSR count). The molecule has 2 amide bonds. The predicted octanol–water partition coefficient (Wildman–Crippen LogP) is 7.85. The molecule has 2 unspecified atom stereocenters. The number of hydrogen-bond donors (Lipinski definition) is 2. The van der Waals surface area contributed by atoms with Gasteiger partial charge < -0.3 is 10.6 Å². The molecule has 3 aliphatic rings. The van der Waals surface area contributed by atoms with Gasteiger partial charge in [0.2, 0.25) is 0 Å². The molecule has 0 saturated carbocycles. The van der Waals surface area contributed by atoms with Crippen LogP contribution >= 0.6 is 92.8 Å². The van der Waals surface area contributed by atoms with E-state index in [2.05, 4.69) is 10.6 Å². The van der Waals surface area contributed by atoms with Crippen LogP contribution in [0.2, 0.25) is 40.2 Å². The molecule has 6 nitrogen and oxygen atoms in total. The van der Waals surface area contributed by atoms with Gasteiger partial charge in [-0.15, -0.1) is 0 Å². The highest BCUT2D eigenvalue weighted by atomic mass is 35.5. The number of halogens is 8. The molecule has 0 radical (unpaired) electrons. The lowest BCUT2D eigenvalue weighted by Gasteiger charge is -2.30. The summed E-state index contributed by atoms with van der Waals surface area (Å²) >= 11 is 50.2. The number of amides is 2. The summed E-state index contributed by atoms with van der Waals surface area (Å²) in [6.07, 6.45) is 7.06. The number of aliphatic imine (C=N–C) groups is 2. The first-order valence-corrected chi connectivity index (χ1v) is 13.3. The third-order valence-electron chi connectivity index (χ3n) is 5.98. The topological polar surface area (TPSA) is 82.9 Å². The van der Waals surface area contributed by atoms with Gasteiger partial charge in [0.15, 0.2) is 0 Å². The zero-order valence-electron chi connectivity index (χ0n) is 18.1. The summed E-state index contributed by atoms with van der Waals surface area (Å²) in [6, 6.07) is -0.687. The van der Waals surface area contributed by atoms with E-state index < -0.39 is 23.4 Å². The summed E-state index contributed by atoms with van der Waals surface area (Å²) < 4.78 is 0. The van der Waals surface area contributed by atoms with Gasteiger partial charge in [0.05, 0.1) is 68.5 Å². The SMILES string of the molecule is CC1(N=C2NC(=O)c3c(Cl)c(Cl)c(Cl)c(Cl)c32)C=CC=CC1N=C1NC(=O)c2c(Cl)c(Cl)c(Cl)c(Cl)c21. The number of carbonyl (C=O) groups excluding carboxylic acids is 2. The van der Waals surface area contributed by atoms with Crippen molar-refractivity contribution in [1.29, 1.82) is 0 Å². The highest BCUT2D eigenvalue weighted by Crippen LogP contribution is 2.45. The quantitative estimate of drug-likeness (QED) is 0.255. The van der Waals surface area contributed by atoms with E-state index in [0.717, 1.165) is 0 Å². The Morgan fingerprint density at radius 1 is 0.649 bits per heavy atom. The van der Waals surface area contributed by atoms with Crippen LogP contribution < -0.4 is 10.6 Å². The number of benzene rings is 2. The van der Waals surface area contributed by atoms with Crippen molar-refractivity contribution in [1.82, 2.24) is 10.6 Å². The Kier molecular flexibility index (Phi) is 7.04. The standard InChI is InChI=1S/C23H10Cl8N4O2/c1-23(35-20-8-10(22(37)34-20)14(27)18(31)16(29)12(8)25)5-3-2-4-6(23)32-19-7-9(21(36)33-19)13(26)17(30)15(28)11(7)24/h2-6H,1H3,(H,32,33,36)(H,34,35,37). The van der Waals surface area contributed by atoms with Crippen molar-refractivity contribution in [2.45, 2.75) is 18.5 Å². The molecular weight excluding hydrogens is 648 g/mol. The normalized spacial score (nSPS) is 24.1. The van der Waals surface area contributed by atoms with Crippen LogP contribution in [0, 0.1) is 0 Å². The maximum absolute atomic E-state index is 12.7. The highest BCUT2D eigenvalue weighted by molar-refractivity contribution is 6.56. The molecule has 14 heteroatoms. The lowest BCUT2D eigenvalue weighted by Crippen LogP contribution is -2.39. The van der Waals surface area contributed by atoms with Crippen LogP contribution in [0.5, 0.6) is 0 Å². The molecule has 0 spiro atoms. The van der Waals surface area contributed by atoms with Crippen molar-refractivity contribution in [3.05, 3.63) is 86.7 Å². The fourth-order valence-electron chi connectivity index (χ4n) is 4.15. The second-order valence-corrected chi connectivity index (χ2v) is 11.3. The zero-order chi connectivity index (χ0) is 27.0. The van der Waals surface area contributed by atoms with E-state index in [-0.39, 0.29) is 74.1 Å². The largest absolute Gasteiger partial charge is 0.306 e. The Morgan fingerprint density at radius 2 is 1.08 bits per heavy atom. The zero-order valence-corrected chi connectivity index (χ0v) is 24.2. The van der Waals surface area contributed by atoms with Crippen LogP contribution in [0.4, 0.5) is 0 Å². The maximum Gasteiger partial charge on any atom is 0.259 e. The van der Waals surface area contributed by atoms with Crippen molar-refractivity contribution in [2.24, 2.45) is 9.98 Å². The van der Waals surface area contributed by atoms with Crippen molar-refractivity contribution in [3.63, 3.8) is 0 Å². The van der Waals surface area contributed by atoms with Crippen LogP contribution in [0.1, 0.15) is 38.8 Å². The van der Waals surface area contributed by atoms with Gasteiger partial charge in [-0.2, -0.15) is 0 Å². The van der Waals surface area contributed by atoms with E-state index in [1.54, 1.807) is 31.2 Å². The first-order valence-electron chi connectivity index (χ1n) is 10.3. The molecule has 2 heterocycles. The minimum atomic E-state index is -1.08. The number of fused-ring (bicyclic) bond motifs is 2. The Labute approximate surface area is 250 Å². The van der Waals surface area contributed by atoms with E-state index >= 15 is 0 Å². The van der Waals surface area contributed by atoms with Crippen LogP contribution in [-0.4, -0.2) is 35.1 Å². The molecule has 0 aromatic heterocycles. The van der Waals surface area contributed by atoms with Crippen molar-refractivity contribution >= 4 is 116 Å². The summed E-state index contributed by atoms with van der Waals surface area (Å²) in [5.41, 5.74) is -0.509. The maximum atomic E-state index is 12.7. The molecule has 2 aromatic carbocycles. The molecular formula is C23H10Cl8N4O2. The fourth-order valence-corrected chi connectivity index (χ4v) is 6.21. The van der Waals surface area contributed by atoms with Gasteiger partial charge in [-0.05, 0) is 6.92 Å². The van der Waals surface area contributed by atoms with Crippen LogP contribution in [0.25, 0.3) is 0 Å². The Hall–Kier alpha value is -1.48. The summed E-state index contributed by atoms with van der Waals surface area (Å²) in [5.74, 6) is -0.808. The number of nitrogens with one attached hydrogen (secondary N) is 2. The number of rotatable bonds is 2. The minimum absolute atomic E-state index is 0.00861. The van der Waals surface area contributed by atoms with Gasteiger partial charge in [-0.25, -0.2) is 0 Å². The third-order valence-corrected chi connectivity index (χ3v) is 9.59. The molecule has 0 saturated heterocycles. The van der Waals surface area contributed by atoms with Crippen LogP contribution in [0.3, 0.4) is 0 Å². The third kappa shape index (κ3) is 4.17. The Bertz CT molecular complexity index is 1580. The fraction of sp³-hybridized carbons (Fsp3) is 0.130. The molecule has 2 aromatic rings. The summed E-state index contributed by atoms with van der Waals surface area (Å²) in [7, 11) is 0. The minimum Gasteiger partial charge on any atom is -0.306 e. The lowest BCUT2D eigenvalue weighted by atomic mass is 9.89. The van der Waals surface area contributed by atoms with E-state index in [1.165, 1.54) is 0 Å². The summed E-state index contributed by atoms with van der Waals surface area (Å²) in [4.78, 5) is 34.9. The van der Waals surface area contributed by atoms with Crippen LogP contribution in [0.15, 0.2) is 34.3 Å². The van der Waals surface area contributed by atoms with E-state index in [4.69, 9.17) is 103 Å². The van der Waals surface area contributed by atoms with E-state index in [9.17, 15) is 9.59 Å². The van der Waals surface area contributed by atoms with Crippen molar-refractivity contribution < 1.29 is 9.59 Å². The van der Waals surface area contributed by atoms with E-state index in [1.807, 2.05) is 0 Å². The number of amidine groups is 2. The molecule has 190 valence electrons. The first kappa shape index (κ1) is 27.1. The second-order valence-electron chi connectivity index (χ2n) is 8.27. The smallest absolute Gasteiger partial charge is 0.259 e. The second kappa shape index (κ2) is 9.61. The van der Waals surface area contributed by atoms with Crippen molar-refractivity contribution in [3.8, 4) is 0 Å². The van der Waals surface area contributed by atoms with Gasteiger partial charge >= 0.3 is 0 Å². The number of nitrogens with zero attached hydrogens (tertiary/aromatic N) is 2. The molecule has 2 aliphatic heterocycles. The number of allylic oxidation sites excluding steroid dienone is 2. The van der Waals surface area contributed by atoms with Gasteiger partial charge in [0.25, 0.3) is 11.8 Å². The predicted molar refractivity (Wildman–Crippen MR) is 151 cm³/mol. The molecule has 1 aliphatic carbocycles. The monoisotopic (exact) mass is 654 g/mol. The summed E-state index contributed by atoms with van der Waals surface area (Å²) in [6.45, 7) is 1.77. The Morgan fingerprint density at radius 3 is 1.59 bits per heavy atom. The van der Waals surface area contributed by atoms with Crippen molar-refractivity contribution in [2.75, 3.05) is 0 Å². The Balaban J connectivity index is 1.64. The van der Waals surface area contributed by atoms with E-state index in [0.29, 0.717) is 0 Å². The van der Waals surface area contributed by atoms with Gasteiger partial charge in [0.1, 0.15) is 17.2 Å². The van der Waals surface area contributed by atoms with Crippen LogP contribution in [-0.2, 0) is 0 Å². The number of hydrogen-bond acceptors (Lipinski definition) is 4. The average molecular weight is 658 g/mol. The average Bonchev–Trinajstić information content (AvgIpc) is 3.35. The summed E-state index contributed by atoms with van der Waals surface area (Å²) in [5, 5.41) is 5.21.